The zero-order chi connectivity index (χ0) is 19.6. The normalized spacial score (nSPS) is 20.9. The average molecular weight is 360 g/mol. The molecule has 6 N–H and O–H groups in total. The van der Waals surface area contributed by atoms with E-state index in [-0.39, 0.29) is 0 Å². The number of aromatic hydroxyl groups is 6. The Kier molecular flexibility index (Phi) is 3.72. The molecule has 1 unspecified atom stereocenters. The van der Waals surface area contributed by atoms with Crippen molar-refractivity contribution in [2.24, 2.45) is 0 Å². The van der Waals surface area contributed by atoms with Gasteiger partial charge in [-0.05, 0) is 48.4 Å². The van der Waals surface area contributed by atoms with E-state index in [1.54, 1.807) is 6.92 Å². The Balaban J connectivity index is 2.47. The van der Waals surface area contributed by atoms with Crippen LogP contribution in [0.5, 0.6) is 34.5 Å². The van der Waals surface area contributed by atoms with Crippen molar-refractivity contribution in [1.29, 1.82) is 0 Å². The van der Waals surface area contributed by atoms with Crippen LogP contribution in [0.2, 0.25) is 0 Å². The van der Waals surface area contributed by atoms with Crippen LogP contribution in [0.3, 0.4) is 0 Å². The summed E-state index contributed by atoms with van der Waals surface area (Å²) in [6.45, 7) is 7.49. The van der Waals surface area contributed by atoms with E-state index in [1.807, 2.05) is 20.8 Å². The van der Waals surface area contributed by atoms with Crippen molar-refractivity contribution < 1.29 is 30.6 Å². The molecule has 2 aromatic rings. The van der Waals surface area contributed by atoms with E-state index < -0.39 is 45.3 Å². The summed E-state index contributed by atoms with van der Waals surface area (Å²) in [6, 6.07) is 2.80. The van der Waals surface area contributed by atoms with Gasteiger partial charge in [0.15, 0.2) is 23.0 Å². The van der Waals surface area contributed by atoms with Gasteiger partial charge in [-0.25, -0.2) is 0 Å². The number of phenols is 6. The monoisotopic (exact) mass is 360 g/mol. The standard InChI is InChI=1S/C20H24O6/c1-5-20(13-9(2)6-11(21)15(23)17(13)25)8-19(3,4)10-7-12(22)16(24)18(26)14(10)20/h6-7,21-26H,5,8H2,1-4H3. The summed E-state index contributed by atoms with van der Waals surface area (Å²) in [4.78, 5) is 0. The maximum absolute atomic E-state index is 10.7. The predicted octanol–water partition coefficient (Wildman–Crippen LogP) is 3.61. The number of phenolic OH excluding ortho intramolecular Hbond substituents is 6. The molecule has 0 heterocycles. The van der Waals surface area contributed by atoms with Crippen LogP contribution in [-0.2, 0) is 10.8 Å². The molecule has 0 bridgehead atoms. The topological polar surface area (TPSA) is 121 Å². The lowest BCUT2D eigenvalue weighted by atomic mass is 9.69. The lowest BCUT2D eigenvalue weighted by Crippen LogP contribution is -2.27. The molecule has 2 aromatic carbocycles. The van der Waals surface area contributed by atoms with Gasteiger partial charge in [-0.1, -0.05) is 20.8 Å². The zero-order valence-corrected chi connectivity index (χ0v) is 15.3. The lowest BCUT2D eigenvalue weighted by Gasteiger charge is -2.34. The molecule has 1 atom stereocenters. The Morgan fingerprint density at radius 2 is 1.31 bits per heavy atom. The molecule has 0 aromatic heterocycles. The van der Waals surface area contributed by atoms with Crippen LogP contribution < -0.4 is 0 Å². The minimum atomic E-state index is -0.909. The zero-order valence-electron chi connectivity index (χ0n) is 15.3. The van der Waals surface area contributed by atoms with Crippen LogP contribution >= 0.6 is 0 Å². The van der Waals surface area contributed by atoms with Gasteiger partial charge in [0.05, 0.1) is 0 Å². The van der Waals surface area contributed by atoms with E-state index in [1.165, 1.54) is 12.1 Å². The van der Waals surface area contributed by atoms with Crippen molar-refractivity contribution in [2.45, 2.75) is 51.4 Å². The second-order valence-electron chi connectivity index (χ2n) is 7.80. The van der Waals surface area contributed by atoms with Gasteiger partial charge in [-0.2, -0.15) is 0 Å². The second-order valence-corrected chi connectivity index (χ2v) is 7.80. The van der Waals surface area contributed by atoms with Crippen LogP contribution in [0, 0.1) is 6.92 Å². The summed E-state index contributed by atoms with van der Waals surface area (Å²) < 4.78 is 0. The number of rotatable bonds is 2. The molecule has 0 saturated carbocycles. The summed E-state index contributed by atoms with van der Waals surface area (Å²) in [7, 11) is 0. The van der Waals surface area contributed by atoms with E-state index in [2.05, 4.69) is 0 Å². The van der Waals surface area contributed by atoms with Crippen LogP contribution in [0.1, 0.15) is 55.9 Å². The molecule has 6 nitrogen and oxygen atoms in total. The first-order valence-electron chi connectivity index (χ1n) is 8.51. The van der Waals surface area contributed by atoms with Crippen molar-refractivity contribution in [3.8, 4) is 34.5 Å². The number of fused-ring (bicyclic) bond motifs is 1. The quantitative estimate of drug-likeness (QED) is 0.455. The first-order valence-corrected chi connectivity index (χ1v) is 8.51. The molecule has 0 spiro atoms. The largest absolute Gasteiger partial charge is 0.504 e. The van der Waals surface area contributed by atoms with Crippen molar-refractivity contribution >= 4 is 0 Å². The SMILES string of the molecule is CCC1(c2c(C)cc(O)c(O)c2O)CC(C)(C)c2cc(O)c(O)c(O)c21. The Hall–Kier alpha value is -2.76. The van der Waals surface area contributed by atoms with Crippen LogP contribution in [0.15, 0.2) is 12.1 Å². The number of aryl methyl sites for hydroxylation is 1. The summed E-state index contributed by atoms with van der Waals surface area (Å²) >= 11 is 0. The third kappa shape index (κ3) is 2.11. The minimum absolute atomic E-state index is 0.391. The highest BCUT2D eigenvalue weighted by Gasteiger charge is 2.52. The summed E-state index contributed by atoms with van der Waals surface area (Å²) in [5, 5.41) is 61.2. The van der Waals surface area contributed by atoms with E-state index in [0.717, 1.165) is 0 Å². The maximum Gasteiger partial charge on any atom is 0.200 e. The molecule has 0 saturated heterocycles. The van der Waals surface area contributed by atoms with Crippen molar-refractivity contribution in [1.82, 2.24) is 0 Å². The lowest BCUT2D eigenvalue weighted by molar-refractivity contribution is 0.334. The van der Waals surface area contributed by atoms with E-state index >= 15 is 0 Å². The molecule has 140 valence electrons. The van der Waals surface area contributed by atoms with Crippen LogP contribution in [0.25, 0.3) is 0 Å². The summed E-state index contributed by atoms with van der Waals surface area (Å²) in [6.07, 6.45) is 0.931. The number of hydrogen-bond acceptors (Lipinski definition) is 6. The van der Waals surface area contributed by atoms with E-state index in [9.17, 15) is 30.6 Å². The smallest absolute Gasteiger partial charge is 0.200 e. The highest BCUT2D eigenvalue weighted by Crippen LogP contribution is 2.63. The molecule has 3 rings (SSSR count). The van der Waals surface area contributed by atoms with Crippen molar-refractivity contribution in [3.63, 3.8) is 0 Å². The Morgan fingerprint density at radius 1 is 0.808 bits per heavy atom. The van der Waals surface area contributed by atoms with Crippen LogP contribution in [-0.4, -0.2) is 30.6 Å². The Morgan fingerprint density at radius 3 is 1.85 bits per heavy atom. The van der Waals surface area contributed by atoms with Crippen LogP contribution in [0.4, 0.5) is 0 Å². The van der Waals surface area contributed by atoms with Gasteiger partial charge in [-0.15, -0.1) is 0 Å². The second kappa shape index (κ2) is 5.37. The minimum Gasteiger partial charge on any atom is -0.504 e. The van der Waals surface area contributed by atoms with Gasteiger partial charge in [-0.3, -0.25) is 0 Å². The molecule has 1 aliphatic rings. The molecule has 0 amide bonds. The van der Waals surface area contributed by atoms with Crippen molar-refractivity contribution in [2.75, 3.05) is 0 Å². The predicted molar refractivity (Wildman–Crippen MR) is 96.3 cm³/mol. The fourth-order valence-corrected chi connectivity index (χ4v) is 4.67. The van der Waals surface area contributed by atoms with Crippen molar-refractivity contribution in [3.05, 3.63) is 34.4 Å². The third-order valence-electron chi connectivity index (χ3n) is 5.74. The highest BCUT2D eigenvalue weighted by molar-refractivity contribution is 5.70. The van der Waals surface area contributed by atoms with Gasteiger partial charge in [0.1, 0.15) is 0 Å². The fraction of sp³-hybridized carbons (Fsp3) is 0.400. The molecule has 26 heavy (non-hydrogen) atoms. The third-order valence-corrected chi connectivity index (χ3v) is 5.74. The first-order chi connectivity index (χ1) is 12.0. The van der Waals surface area contributed by atoms with Gasteiger partial charge >= 0.3 is 0 Å². The van der Waals surface area contributed by atoms with E-state index in [4.69, 9.17) is 0 Å². The van der Waals surface area contributed by atoms with Gasteiger partial charge in [0.2, 0.25) is 11.5 Å². The number of hydrogen-bond donors (Lipinski definition) is 6. The maximum atomic E-state index is 10.7. The summed E-state index contributed by atoms with van der Waals surface area (Å²) in [5.74, 6) is -2.94. The molecule has 1 aliphatic carbocycles. The highest BCUT2D eigenvalue weighted by atomic mass is 16.3. The fourth-order valence-electron chi connectivity index (χ4n) is 4.67. The summed E-state index contributed by atoms with van der Waals surface area (Å²) in [5.41, 5.74) is 0.647. The molecular weight excluding hydrogens is 336 g/mol. The number of benzene rings is 2. The van der Waals surface area contributed by atoms with E-state index in [0.29, 0.717) is 35.1 Å². The molecule has 6 heteroatoms. The molecule has 0 fully saturated rings. The molecule has 0 radical (unpaired) electrons. The van der Waals surface area contributed by atoms with Gasteiger partial charge in [0.25, 0.3) is 0 Å². The Bertz CT molecular complexity index is 915. The first kappa shape index (κ1) is 18.0. The Labute approximate surface area is 151 Å². The molecule has 0 aliphatic heterocycles. The average Bonchev–Trinajstić information content (AvgIpc) is 2.78. The van der Waals surface area contributed by atoms with Gasteiger partial charge in [0, 0.05) is 16.5 Å². The van der Waals surface area contributed by atoms with Gasteiger partial charge < -0.3 is 30.6 Å². The molecular formula is C20H24O6.